The molecule has 6 heteroatoms. The summed E-state index contributed by atoms with van der Waals surface area (Å²) in [5.41, 5.74) is 4.17. The summed E-state index contributed by atoms with van der Waals surface area (Å²) in [7, 11) is 0. The molecular formula is C18H19N3O3. The van der Waals surface area contributed by atoms with Gasteiger partial charge in [0.25, 0.3) is 5.91 Å². The number of carbonyl (C=O) groups excluding carboxylic acids is 2. The number of hydrazone groups is 1. The molecule has 6 nitrogen and oxygen atoms in total. The molecule has 0 aliphatic rings. The summed E-state index contributed by atoms with van der Waals surface area (Å²) in [6, 6.07) is 13.0. The Morgan fingerprint density at radius 3 is 2.62 bits per heavy atom. The van der Waals surface area contributed by atoms with Crippen LogP contribution in [0.4, 0.5) is 0 Å². The van der Waals surface area contributed by atoms with Crippen LogP contribution in [-0.4, -0.2) is 24.1 Å². The van der Waals surface area contributed by atoms with Crippen molar-refractivity contribution in [2.75, 3.05) is 6.54 Å². The summed E-state index contributed by atoms with van der Waals surface area (Å²) in [5.74, 6) is -0.212. The van der Waals surface area contributed by atoms with E-state index in [4.69, 9.17) is 4.42 Å². The van der Waals surface area contributed by atoms with Gasteiger partial charge in [-0.15, -0.1) is 0 Å². The van der Waals surface area contributed by atoms with Crippen LogP contribution in [0, 0.1) is 0 Å². The lowest BCUT2D eigenvalue weighted by molar-refractivity contribution is -0.123. The molecule has 0 unspecified atom stereocenters. The average Bonchev–Trinajstić information content (AvgIpc) is 3.13. The molecule has 2 N–H and O–H groups in total. The minimum absolute atomic E-state index is 0.156. The minimum atomic E-state index is -0.392. The van der Waals surface area contributed by atoms with Crippen LogP contribution in [0.3, 0.4) is 0 Å². The Hall–Kier alpha value is -3.15. The topological polar surface area (TPSA) is 83.7 Å². The molecule has 0 aliphatic heterocycles. The second kappa shape index (κ2) is 9.09. The number of carbonyl (C=O) groups is 2. The highest BCUT2D eigenvalue weighted by molar-refractivity contribution is 6.01. The summed E-state index contributed by atoms with van der Waals surface area (Å²) in [4.78, 5) is 23.4. The van der Waals surface area contributed by atoms with Crippen LogP contribution in [0.2, 0.25) is 0 Å². The monoisotopic (exact) mass is 325 g/mol. The molecule has 1 heterocycles. The first-order chi connectivity index (χ1) is 11.7. The van der Waals surface area contributed by atoms with Crippen LogP contribution in [0.25, 0.3) is 6.08 Å². The zero-order valence-electron chi connectivity index (χ0n) is 13.4. The molecule has 0 bridgehead atoms. The summed E-state index contributed by atoms with van der Waals surface area (Å²) in [6.07, 6.45) is 5.02. The van der Waals surface area contributed by atoms with E-state index < -0.39 is 5.91 Å². The number of benzene rings is 1. The molecule has 2 rings (SSSR count). The molecule has 0 saturated heterocycles. The molecule has 24 heavy (non-hydrogen) atoms. The van der Waals surface area contributed by atoms with Crippen LogP contribution < -0.4 is 10.7 Å². The summed E-state index contributed by atoms with van der Waals surface area (Å²) in [5, 5.41) is 6.59. The Bertz CT molecular complexity index is 719. The van der Waals surface area contributed by atoms with Crippen molar-refractivity contribution in [3.05, 3.63) is 66.1 Å². The molecule has 2 aromatic rings. The third kappa shape index (κ3) is 5.57. The zero-order chi connectivity index (χ0) is 17.2. The quantitative estimate of drug-likeness (QED) is 0.465. The number of nitrogens with one attached hydrogen (secondary N) is 2. The van der Waals surface area contributed by atoms with Crippen molar-refractivity contribution in [3.63, 3.8) is 0 Å². The van der Waals surface area contributed by atoms with Gasteiger partial charge in [0, 0.05) is 6.08 Å². The first-order valence-corrected chi connectivity index (χ1v) is 7.59. The van der Waals surface area contributed by atoms with E-state index in [1.54, 1.807) is 12.1 Å². The Morgan fingerprint density at radius 2 is 1.96 bits per heavy atom. The lowest BCUT2D eigenvalue weighted by atomic mass is 10.1. The Kier molecular flexibility index (Phi) is 6.52. The van der Waals surface area contributed by atoms with Gasteiger partial charge in [-0.2, -0.15) is 5.10 Å². The van der Waals surface area contributed by atoms with Crippen molar-refractivity contribution in [1.29, 1.82) is 0 Å². The van der Waals surface area contributed by atoms with Crippen molar-refractivity contribution in [2.24, 2.45) is 5.10 Å². The fraction of sp³-hybridized carbons (Fsp3) is 0.167. The van der Waals surface area contributed by atoms with E-state index in [1.807, 2.05) is 37.3 Å². The van der Waals surface area contributed by atoms with Crippen molar-refractivity contribution in [3.8, 4) is 0 Å². The van der Waals surface area contributed by atoms with Crippen LogP contribution >= 0.6 is 0 Å². The van der Waals surface area contributed by atoms with Gasteiger partial charge in [0.05, 0.1) is 18.5 Å². The van der Waals surface area contributed by atoms with E-state index in [0.717, 1.165) is 11.3 Å². The number of nitrogens with zero attached hydrogens (tertiary/aromatic N) is 1. The van der Waals surface area contributed by atoms with Crippen LogP contribution in [0.15, 0.2) is 64.3 Å². The highest BCUT2D eigenvalue weighted by Gasteiger charge is 2.04. The third-order valence-electron chi connectivity index (χ3n) is 3.12. The Morgan fingerprint density at radius 1 is 1.17 bits per heavy atom. The standard InChI is InChI=1S/C18H19N3O3/c1-2-16(14-7-4-3-5-8-14)20-21-18(23)13-19-17(22)11-10-15-9-6-12-24-15/h3-12H,2,13H2,1H3,(H,19,22)(H,21,23). The second-order valence-corrected chi connectivity index (χ2v) is 4.88. The van der Waals surface area contributed by atoms with Crippen molar-refractivity contribution < 1.29 is 14.0 Å². The summed E-state index contributed by atoms with van der Waals surface area (Å²) in [6.45, 7) is 1.80. The molecule has 0 atom stereocenters. The maximum atomic E-state index is 11.8. The Balaban J connectivity index is 1.80. The van der Waals surface area contributed by atoms with Gasteiger partial charge in [-0.05, 0) is 30.2 Å². The molecule has 0 aliphatic carbocycles. The number of rotatable bonds is 7. The number of amides is 2. The molecule has 0 radical (unpaired) electrons. The molecule has 124 valence electrons. The number of hydrogen-bond acceptors (Lipinski definition) is 4. The second-order valence-electron chi connectivity index (χ2n) is 4.88. The molecule has 2 amide bonds. The Labute approximate surface area is 140 Å². The predicted octanol–water partition coefficient (Wildman–Crippen LogP) is 2.34. The van der Waals surface area contributed by atoms with E-state index >= 15 is 0 Å². The molecule has 0 fully saturated rings. The predicted molar refractivity (Wildman–Crippen MR) is 92.2 cm³/mol. The molecule has 1 aromatic heterocycles. The van der Waals surface area contributed by atoms with Crippen LogP contribution in [-0.2, 0) is 9.59 Å². The average molecular weight is 325 g/mol. The van der Waals surface area contributed by atoms with Crippen LogP contribution in [0.5, 0.6) is 0 Å². The van der Waals surface area contributed by atoms with Gasteiger partial charge >= 0.3 is 0 Å². The van der Waals surface area contributed by atoms with Gasteiger partial charge in [0.15, 0.2) is 0 Å². The van der Waals surface area contributed by atoms with Gasteiger partial charge in [0.2, 0.25) is 5.91 Å². The van der Waals surface area contributed by atoms with Crippen molar-refractivity contribution in [1.82, 2.24) is 10.7 Å². The highest BCUT2D eigenvalue weighted by atomic mass is 16.3. The SMILES string of the molecule is CCC(=NNC(=O)CNC(=O)C=Cc1ccco1)c1ccccc1. The number of furan rings is 1. The van der Waals surface area contributed by atoms with Gasteiger partial charge in [-0.25, -0.2) is 5.43 Å². The molecular weight excluding hydrogens is 306 g/mol. The molecule has 0 spiro atoms. The fourth-order valence-electron chi connectivity index (χ4n) is 1.92. The van der Waals surface area contributed by atoms with Gasteiger partial charge in [-0.1, -0.05) is 37.3 Å². The van der Waals surface area contributed by atoms with E-state index in [9.17, 15) is 9.59 Å². The van der Waals surface area contributed by atoms with Crippen molar-refractivity contribution >= 4 is 23.6 Å². The maximum absolute atomic E-state index is 11.8. The number of hydrogen-bond donors (Lipinski definition) is 2. The molecule has 1 aromatic carbocycles. The normalized spacial score (nSPS) is 11.5. The van der Waals surface area contributed by atoms with Gasteiger partial charge < -0.3 is 9.73 Å². The van der Waals surface area contributed by atoms with Gasteiger partial charge in [0.1, 0.15) is 5.76 Å². The van der Waals surface area contributed by atoms with Crippen LogP contribution in [0.1, 0.15) is 24.7 Å². The lowest BCUT2D eigenvalue weighted by Crippen LogP contribution is -2.34. The summed E-state index contributed by atoms with van der Waals surface area (Å²) >= 11 is 0. The lowest BCUT2D eigenvalue weighted by Gasteiger charge is -2.05. The van der Waals surface area contributed by atoms with E-state index in [2.05, 4.69) is 15.8 Å². The summed E-state index contributed by atoms with van der Waals surface area (Å²) < 4.78 is 5.06. The molecule has 0 saturated carbocycles. The highest BCUT2D eigenvalue weighted by Crippen LogP contribution is 2.03. The third-order valence-corrected chi connectivity index (χ3v) is 3.12. The smallest absolute Gasteiger partial charge is 0.259 e. The van der Waals surface area contributed by atoms with Crippen molar-refractivity contribution in [2.45, 2.75) is 13.3 Å². The maximum Gasteiger partial charge on any atom is 0.259 e. The fourth-order valence-corrected chi connectivity index (χ4v) is 1.92. The van der Waals surface area contributed by atoms with E-state index in [0.29, 0.717) is 12.2 Å². The first kappa shape index (κ1) is 17.2. The largest absolute Gasteiger partial charge is 0.465 e. The first-order valence-electron chi connectivity index (χ1n) is 7.59. The van der Waals surface area contributed by atoms with E-state index in [1.165, 1.54) is 18.4 Å². The van der Waals surface area contributed by atoms with E-state index in [-0.39, 0.29) is 12.5 Å². The minimum Gasteiger partial charge on any atom is -0.465 e. The zero-order valence-corrected chi connectivity index (χ0v) is 13.4. The van der Waals surface area contributed by atoms with Gasteiger partial charge in [-0.3, -0.25) is 9.59 Å².